The Hall–Kier alpha value is -2.28. The highest BCUT2D eigenvalue weighted by molar-refractivity contribution is 7.96. The lowest BCUT2D eigenvalue weighted by Gasteiger charge is -2.06. The molecule has 0 saturated heterocycles. The maximum atomic E-state index is 11.4. The SMILES string of the molecule is CSNCCc1cn(Cc2ccc(C(=O)NO)cc2)c2ccccc12. The number of amides is 1. The zero-order valence-electron chi connectivity index (χ0n) is 14.0. The van der Waals surface area contributed by atoms with E-state index in [-0.39, 0.29) is 0 Å². The summed E-state index contributed by atoms with van der Waals surface area (Å²) >= 11 is 1.63. The number of nitrogens with one attached hydrogen (secondary N) is 2. The zero-order valence-corrected chi connectivity index (χ0v) is 14.8. The van der Waals surface area contributed by atoms with Crippen LogP contribution in [0.5, 0.6) is 0 Å². The van der Waals surface area contributed by atoms with Crippen molar-refractivity contribution in [1.82, 2.24) is 14.8 Å². The van der Waals surface area contributed by atoms with Crippen LogP contribution in [0.4, 0.5) is 0 Å². The van der Waals surface area contributed by atoms with Crippen LogP contribution in [0, 0.1) is 0 Å². The molecule has 0 atom stereocenters. The van der Waals surface area contributed by atoms with E-state index in [4.69, 9.17) is 5.21 Å². The fraction of sp³-hybridized carbons (Fsp3) is 0.211. The lowest BCUT2D eigenvalue weighted by molar-refractivity contribution is 0.0706. The first-order valence-corrected chi connectivity index (χ1v) is 9.31. The van der Waals surface area contributed by atoms with Gasteiger partial charge in [0, 0.05) is 35.8 Å². The minimum Gasteiger partial charge on any atom is -0.343 e. The number of hydrogen-bond donors (Lipinski definition) is 3. The van der Waals surface area contributed by atoms with Crippen molar-refractivity contribution in [2.45, 2.75) is 13.0 Å². The molecule has 3 N–H and O–H groups in total. The minimum atomic E-state index is -0.499. The molecule has 0 radical (unpaired) electrons. The van der Waals surface area contributed by atoms with Crippen LogP contribution in [0.15, 0.2) is 54.7 Å². The number of benzene rings is 2. The molecule has 0 spiro atoms. The van der Waals surface area contributed by atoms with Gasteiger partial charge in [-0.2, -0.15) is 0 Å². The molecule has 1 amide bonds. The quantitative estimate of drug-likeness (QED) is 0.263. The Bertz CT molecular complexity index is 859. The van der Waals surface area contributed by atoms with Crippen molar-refractivity contribution in [3.05, 3.63) is 71.4 Å². The fourth-order valence-electron chi connectivity index (χ4n) is 2.96. The molecule has 1 heterocycles. The molecule has 3 rings (SSSR count). The van der Waals surface area contributed by atoms with E-state index in [1.807, 2.05) is 18.4 Å². The Labute approximate surface area is 151 Å². The zero-order chi connectivity index (χ0) is 17.6. The van der Waals surface area contributed by atoms with Gasteiger partial charge in [-0.1, -0.05) is 42.3 Å². The molecular formula is C19H21N3O2S. The largest absolute Gasteiger partial charge is 0.343 e. The van der Waals surface area contributed by atoms with Crippen LogP contribution in [-0.2, 0) is 13.0 Å². The van der Waals surface area contributed by atoms with E-state index < -0.39 is 5.91 Å². The Balaban J connectivity index is 1.84. The summed E-state index contributed by atoms with van der Waals surface area (Å²) in [5.74, 6) is -0.499. The molecule has 0 fully saturated rings. The van der Waals surface area contributed by atoms with Crippen molar-refractivity contribution in [2.75, 3.05) is 12.8 Å². The molecule has 0 aliphatic heterocycles. The van der Waals surface area contributed by atoms with Gasteiger partial charge in [0.15, 0.2) is 0 Å². The molecule has 3 aromatic rings. The summed E-state index contributed by atoms with van der Waals surface area (Å²) < 4.78 is 5.53. The summed E-state index contributed by atoms with van der Waals surface area (Å²) in [6.45, 7) is 1.66. The molecular weight excluding hydrogens is 334 g/mol. The Morgan fingerprint density at radius 3 is 2.64 bits per heavy atom. The lowest BCUT2D eigenvalue weighted by Crippen LogP contribution is -2.18. The van der Waals surface area contributed by atoms with Gasteiger partial charge in [0.2, 0.25) is 0 Å². The lowest BCUT2D eigenvalue weighted by atomic mass is 10.1. The van der Waals surface area contributed by atoms with Crippen molar-refractivity contribution in [3.8, 4) is 0 Å². The van der Waals surface area contributed by atoms with E-state index in [1.165, 1.54) is 16.5 Å². The monoisotopic (exact) mass is 355 g/mol. The Morgan fingerprint density at radius 2 is 1.92 bits per heavy atom. The van der Waals surface area contributed by atoms with Crippen LogP contribution >= 0.6 is 11.9 Å². The van der Waals surface area contributed by atoms with Crippen molar-refractivity contribution in [2.24, 2.45) is 0 Å². The summed E-state index contributed by atoms with van der Waals surface area (Å²) in [5, 5.41) is 9.97. The number of para-hydroxylation sites is 1. The third-order valence-corrected chi connectivity index (χ3v) is 4.68. The van der Waals surface area contributed by atoms with Gasteiger partial charge in [-0.25, -0.2) is 5.48 Å². The van der Waals surface area contributed by atoms with Gasteiger partial charge in [-0.05, 0) is 42.0 Å². The minimum absolute atomic E-state index is 0.437. The second kappa shape index (κ2) is 8.20. The first kappa shape index (κ1) is 17.5. The first-order chi connectivity index (χ1) is 12.2. The number of nitrogens with zero attached hydrogens (tertiary/aromatic N) is 1. The molecule has 0 unspecified atom stereocenters. The molecule has 0 saturated carbocycles. The highest BCUT2D eigenvalue weighted by atomic mass is 32.2. The molecule has 25 heavy (non-hydrogen) atoms. The van der Waals surface area contributed by atoms with Crippen LogP contribution in [-0.4, -0.2) is 28.5 Å². The highest BCUT2D eigenvalue weighted by Crippen LogP contribution is 2.23. The number of hydrogen-bond acceptors (Lipinski definition) is 4. The fourth-order valence-corrected chi connectivity index (χ4v) is 3.27. The molecule has 5 nitrogen and oxygen atoms in total. The number of carbonyl (C=O) groups is 1. The van der Waals surface area contributed by atoms with Crippen LogP contribution in [0.2, 0.25) is 0 Å². The number of fused-ring (bicyclic) bond motifs is 1. The average molecular weight is 355 g/mol. The van der Waals surface area contributed by atoms with E-state index in [1.54, 1.807) is 29.6 Å². The molecule has 2 aromatic carbocycles. The van der Waals surface area contributed by atoms with Crippen molar-refractivity contribution in [3.63, 3.8) is 0 Å². The van der Waals surface area contributed by atoms with E-state index >= 15 is 0 Å². The van der Waals surface area contributed by atoms with Crippen LogP contribution < -0.4 is 10.2 Å². The Morgan fingerprint density at radius 1 is 1.16 bits per heavy atom. The van der Waals surface area contributed by atoms with Crippen molar-refractivity contribution >= 4 is 28.8 Å². The van der Waals surface area contributed by atoms with E-state index in [9.17, 15) is 4.79 Å². The molecule has 0 bridgehead atoms. The highest BCUT2D eigenvalue weighted by Gasteiger charge is 2.09. The average Bonchev–Trinajstić information content (AvgIpc) is 3.00. The molecule has 0 aliphatic carbocycles. The maximum absolute atomic E-state index is 11.4. The van der Waals surface area contributed by atoms with Gasteiger partial charge in [0.1, 0.15) is 0 Å². The summed E-state index contributed by atoms with van der Waals surface area (Å²) in [6.07, 6.45) is 5.22. The molecule has 1 aromatic heterocycles. The third-order valence-electron chi connectivity index (χ3n) is 4.18. The molecule has 130 valence electrons. The van der Waals surface area contributed by atoms with Crippen LogP contribution in [0.25, 0.3) is 10.9 Å². The van der Waals surface area contributed by atoms with Crippen molar-refractivity contribution < 1.29 is 10.0 Å². The van der Waals surface area contributed by atoms with Gasteiger partial charge in [0.25, 0.3) is 5.91 Å². The summed E-state index contributed by atoms with van der Waals surface area (Å²) in [4.78, 5) is 11.4. The summed E-state index contributed by atoms with van der Waals surface area (Å²) in [6, 6.07) is 15.7. The second-order valence-electron chi connectivity index (χ2n) is 5.79. The van der Waals surface area contributed by atoms with Gasteiger partial charge in [-0.3, -0.25) is 14.7 Å². The van der Waals surface area contributed by atoms with Gasteiger partial charge in [0.05, 0.1) is 0 Å². The first-order valence-electron chi connectivity index (χ1n) is 8.09. The smallest absolute Gasteiger partial charge is 0.274 e. The topological polar surface area (TPSA) is 66.3 Å². The van der Waals surface area contributed by atoms with E-state index in [2.05, 4.69) is 39.8 Å². The second-order valence-corrected chi connectivity index (χ2v) is 6.48. The number of carbonyl (C=O) groups excluding carboxylic acids is 1. The Kier molecular flexibility index (Phi) is 5.75. The van der Waals surface area contributed by atoms with E-state index in [0.29, 0.717) is 5.56 Å². The predicted octanol–water partition coefficient (Wildman–Crippen LogP) is 3.22. The van der Waals surface area contributed by atoms with Crippen LogP contribution in [0.3, 0.4) is 0 Å². The van der Waals surface area contributed by atoms with Gasteiger partial charge in [-0.15, -0.1) is 0 Å². The predicted molar refractivity (Wildman–Crippen MR) is 102 cm³/mol. The standard InChI is InChI=1S/C19H21N3O2S/c1-25-20-11-10-16-13-22(18-5-3-2-4-17(16)18)12-14-6-8-15(9-7-14)19(23)21-24/h2-9,13,20,24H,10-12H2,1H3,(H,21,23). The summed E-state index contributed by atoms with van der Waals surface area (Å²) in [7, 11) is 0. The van der Waals surface area contributed by atoms with Crippen LogP contribution in [0.1, 0.15) is 21.5 Å². The third kappa shape index (κ3) is 4.04. The summed E-state index contributed by atoms with van der Waals surface area (Å²) in [5.41, 5.74) is 5.72. The van der Waals surface area contributed by atoms with Gasteiger partial charge >= 0.3 is 0 Å². The number of hydroxylamine groups is 1. The maximum Gasteiger partial charge on any atom is 0.274 e. The van der Waals surface area contributed by atoms with Crippen molar-refractivity contribution in [1.29, 1.82) is 0 Å². The number of aromatic nitrogens is 1. The molecule has 0 aliphatic rings. The normalized spacial score (nSPS) is 11.0. The van der Waals surface area contributed by atoms with E-state index in [0.717, 1.165) is 25.1 Å². The van der Waals surface area contributed by atoms with Gasteiger partial charge < -0.3 is 4.57 Å². The molecule has 6 heteroatoms. The number of rotatable bonds is 7.